The molecule has 1 aromatic heterocycles. The van der Waals surface area contributed by atoms with Crippen LogP contribution in [0.4, 0.5) is 0 Å². The van der Waals surface area contributed by atoms with Gasteiger partial charge in [0.1, 0.15) is 0 Å². The Balaban J connectivity index is 1.89. The number of carbonyl (C=O) groups excluding carboxylic acids is 1. The van der Waals surface area contributed by atoms with E-state index in [-0.39, 0.29) is 5.91 Å². The van der Waals surface area contributed by atoms with Crippen LogP contribution in [0.3, 0.4) is 0 Å². The first-order valence-corrected chi connectivity index (χ1v) is 8.13. The number of hydrogen-bond acceptors (Lipinski definition) is 2. The van der Waals surface area contributed by atoms with E-state index in [1.54, 1.807) is 6.20 Å². The third kappa shape index (κ3) is 2.57. The molecule has 1 aromatic carbocycles. The van der Waals surface area contributed by atoms with Gasteiger partial charge >= 0.3 is 0 Å². The fourth-order valence-corrected chi connectivity index (χ4v) is 3.00. The Kier molecular flexibility index (Phi) is 4.01. The molecule has 1 amide bonds. The maximum Gasteiger partial charge on any atom is 0.254 e. The third-order valence-electron chi connectivity index (χ3n) is 3.95. The molecule has 0 bridgehead atoms. The van der Waals surface area contributed by atoms with Gasteiger partial charge in [0, 0.05) is 35.1 Å². The first-order valence-electron chi connectivity index (χ1n) is 7.01. The molecular weight excluding hydrogens is 316 g/mol. The van der Waals surface area contributed by atoms with Crippen molar-refractivity contribution in [1.29, 1.82) is 0 Å². The van der Waals surface area contributed by atoms with Crippen molar-refractivity contribution in [3.63, 3.8) is 0 Å². The fourth-order valence-electron chi connectivity index (χ4n) is 2.61. The first kappa shape index (κ1) is 13.6. The molecule has 20 heavy (non-hydrogen) atoms. The Morgan fingerprint density at radius 2 is 2.20 bits per heavy atom. The molecule has 0 aliphatic heterocycles. The molecule has 1 aliphatic carbocycles. The van der Waals surface area contributed by atoms with Crippen molar-refractivity contribution < 1.29 is 4.79 Å². The molecule has 1 fully saturated rings. The Morgan fingerprint density at radius 1 is 1.35 bits per heavy atom. The van der Waals surface area contributed by atoms with Crippen LogP contribution >= 0.6 is 15.9 Å². The number of benzene rings is 1. The molecule has 0 atom stereocenters. The average molecular weight is 333 g/mol. The second-order valence-electron chi connectivity index (χ2n) is 5.18. The van der Waals surface area contributed by atoms with Crippen molar-refractivity contribution in [2.45, 2.75) is 25.3 Å². The van der Waals surface area contributed by atoms with Crippen molar-refractivity contribution in [3.05, 3.63) is 42.1 Å². The number of nitrogens with zero attached hydrogens (tertiary/aromatic N) is 2. The van der Waals surface area contributed by atoms with E-state index in [9.17, 15) is 4.79 Å². The lowest BCUT2D eigenvalue weighted by atomic mass is 9.91. The van der Waals surface area contributed by atoms with Crippen LogP contribution < -0.4 is 0 Å². The van der Waals surface area contributed by atoms with Crippen molar-refractivity contribution in [1.82, 2.24) is 9.88 Å². The Bertz CT molecular complexity index is 625. The van der Waals surface area contributed by atoms with Gasteiger partial charge in [-0.3, -0.25) is 9.78 Å². The molecule has 1 heterocycles. The molecule has 2 aromatic rings. The minimum atomic E-state index is 0.139. The topological polar surface area (TPSA) is 33.2 Å². The van der Waals surface area contributed by atoms with E-state index in [0.717, 1.165) is 41.2 Å². The summed E-state index contributed by atoms with van der Waals surface area (Å²) < 4.78 is 0. The number of aromatic nitrogens is 1. The largest absolute Gasteiger partial charge is 0.335 e. The van der Waals surface area contributed by atoms with Crippen LogP contribution in [0, 0.1) is 0 Å². The summed E-state index contributed by atoms with van der Waals surface area (Å²) in [5.41, 5.74) is 1.69. The summed E-state index contributed by atoms with van der Waals surface area (Å²) in [5, 5.41) is 1.84. The number of halogens is 1. The minimum absolute atomic E-state index is 0.139. The van der Waals surface area contributed by atoms with Crippen LogP contribution in [-0.2, 0) is 0 Å². The van der Waals surface area contributed by atoms with Crippen molar-refractivity contribution >= 4 is 32.7 Å². The Labute approximate surface area is 127 Å². The normalized spacial score (nSPS) is 15.1. The summed E-state index contributed by atoms with van der Waals surface area (Å²) in [6, 6.07) is 10.1. The molecule has 0 unspecified atom stereocenters. The summed E-state index contributed by atoms with van der Waals surface area (Å²) in [7, 11) is 0. The molecule has 0 spiro atoms. The van der Waals surface area contributed by atoms with E-state index in [2.05, 4.69) is 20.9 Å². The number of alkyl halides is 1. The molecule has 0 N–H and O–H groups in total. The summed E-state index contributed by atoms with van der Waals surface area (Å²) in [5.74, 6) is 0.139. The molecule has 0 saturated heterocycles. The fraction of sp³-hybridized carbons (Fsp3) is 0.375. The second kappa shape index (κ2) is 5.92. The van der Waals surface area contributed by atoms with Gasteiger partial charge in [0.15, 0.2) is 0 Å². The highest BCUT2D eigenvalue weighted by molar-refractivity contribution is 9.09. The average Bonchev–Trinajstić information content (AvgIpc) is 2.43. The van der Waals surface area contributed by atoms with Crippen LogP contribution in [0.25, 0.3) is 10.9 Å². The molecule has 1 saturated carbocycles. The van der Waals surface area contributed by atoms with Gasteiger partial charge in [-0.2, -0.15) is 0 Å². The number of fused-ring (bicyclic) bond motifs is 1. The van der Waals surface area contributed by atoms with Crippen LogP contribution in [0.2, 0.25) is 0 Å². The van der Waals surface area contributed by atoms with E-state index < -0.39 is 0 Å². The van der Waals surface area contributed by atoms with Gasteiger partial charge in [0.25, 0.3) is 5.91 Å². The number of amides is 1. The van der Waals surface area contributed by atoms with E-state index >= 15 is 0 Å². The van der Waals surface area contributed by atoms with Crippen LogP contribution in [0.15, 0.2) is 36.5 Å². The zero-order chi connectivity index (χ0) is 13.9. The molecular formula is C16H17BrN2O. The number of rotatable bonds is 4. The van der Waals surface area contributed by atoms with Gasteiger partial charge in [-0.1, -0.05) is 22.0 Å². The van der Waals surface area contributed by atoms with Gasteiger partial charge in [0.2, 0.25) is 0 Å². The van der Waals surface area contributed by atoms with E-state index in [1.165, 1.54) is 6.42 Å². The highest BCUT2D eigenvalue weighted by atomic mass is 79.9. The maximum absolute atomic E-state index is 12.7. The van der Waals surface area contributed by atoms with Gasteiger partial charge in [-0.15, -0.1) is 0 Å². The Morgan fingerprint density at radius 3 is 2.90 bits per heavy atom. The maximum atomic E-state index is 12.7. The van der Waals surface area contributed by atoms with Gasteiger partial charge in [-0.25, -0.2) is 0 Å². The van der Waals surface area contributed by atoms with Crippen molar-refractivity contribution in [2.24, 2.45) is 0 Å². The van der Waals surface area contributed by atoms with Gasteiger partial charge in [0.05, 0.1) is 5.52 Å². The van der Waals surface area contributed by atoms with E-state index in [4.69, 9.17) is 0 Å². The lowest BCUT2D eigenvalue weighted by Crippen LogP contribution is -2.45. The first-order chi connectivity index (χ1) is 9.79. The second-order valence-corrected chi connectivity index (χ2v) is 5.98. The molecule has 1 aliphatic rings. The lowest BCUT2D eigenvalue weighted by molar-refractivity contribution is 0.0600. The summed E-state index contributed by atoms with van der Waals surface area (Å²) >= 11 is 3.45. The number of carbonyl (C=O) groups is 1. The molecule has 3 nitrogen and oxygen atoms in total. The van der Waals surface area contributed by atoms with Crippen LogP contribution in [-0.4, -0.2) is 33.7 Å². The predicted molar refractivity (Wildman–Crippen MR) is 84.2 cm³/mol. The standard InChI is InChI=1S/C16H17BrN2O/c17-8-10-19(14-4-1-5-14)16(20)13-6-7-15-12(11-13)3-2-9-18-15/h2-3,6-7,9,11,14H,1,4-5,8,10H2. The molecule has 4 heteroatoms. The monoisotopic (exact) mass is 332 g/mol. The Hall–Kier alpha value is -1.42. The van der Waals surface area contributed by atoms with Crippen LogP contribution in [0.5, 0.6) is 0 Å². The third-order valence-corrected chi connectivity index (χ3v) is 4.31. The molecule has 104 valence electrons. The predicted octanol–water partition coefficient (Wildman–Crippen LogP) is 3.62. The van der Waals surface area contributed by atoms with Gasteiger partial charge < -0.3 is 4.90 Å². The van der Waals surface area contributed by atoms with E-state index in [0.29, 0.717) is 6.04 Å². The van der Waals surface area contributed by atoms with E-state index in [1.807, 2.05) is 35.2 Å². The zero-order valence-electron chi connectivity index (χ0n) is 11.3. The highest BCUT2D eigenvalue weighted by Crippen LogP contribution is 2.26. The molecule has 0 radical (unpaired) electrons. The number of pyridine rings is 1. The van der Waals surface area contributed by atoms with Crippen LogP contribution in [0.1, 0.15) is 29.6 Å². The molecule has 3 rings (SSSR count). The van der Waals surface area contributed by atoms with Gasteiger partial charge in [-0.05, 0) is 43.5 Å². The highest BCUT2D eigenvalue weighted by Gasteiger charge is 2.28. The SMILES string of the molecule is O=C(c1ccc2ncccc2c1)N(CCBr)C1CCC1. The van der Waals surface area contributed by atoms with Crippen molar-refractivity contribution in [3.8, 4) is 0 Å². The quantitative estimate of drug-likeness (QED) is 0.801. The lowest BCUT2D eigenvalue weighted by Gasteiger charge is -2.37. The smallest absolute Gasteiger partial charge is 0.254 e. The summed E-state index contributed by atoms with van der Waals surface area (Å²) in [4.78, 5) is 19.0. The zero-order valence-corrected chi connectivity index (χ0v) is 12.8. The summed E-state index contributed by atoms with van der Waals surface area (Å²) in [6.45, 7) is 0.772. The van der Waals surface area contributed by atoms with Crippen molar-refractivity contribution in [2.75, 3.05) is 11.9 Å². The number of hydrogen-bond donors (Lipinski definition) is 0. The minimum Gasteiger partial charge on any atom is -0.335 e. The summed E-state index contributed by atoms with van der Waals surface area (Å²) in [6.07, 6.45) is 5.27.